The summed E-state index contributed by atoms with van der Waals surface area (Å²) in [6.45, 7) is 6.56. The van der Waals surface area contributed by atoms with Gasteiger partial charge in [0.25, 0.3) is 5.91 Å². The summed E-state index contributed by atoms with van der Waals surface area (Å²) in [6.07, 6.45) is 1.85. The van der Waals surface area contributed by atoms with Crippen LogP contribution in [0.2, 0.25) is 5.02 Å². The first-order valence-electron chi connectivity index (χ1n) is 12.8. The van der Waals surface area contributed by atoms with Gasteiger partial charge in [-0.25, -0.2) is 0 Å². The van der Waals surface area contributed by atoms with Gasteiger partial charge in [0, 0.05) is 55.8 Å². The summed E-state index contributed by atoms with van der Waals surface area (Å²) in [4.78, 5) is 30.5. The Labute approximate surface area is 224 Å². The molecule has 0 saturated carbocycles. The van der Waals surface area contributed by atoms with Gasteiger partial charge in [-0.2, -0.15) is 5.10 Å². The van der Waals surface area contributed by atoms with Crippen molar-refractivity contribution in [1.82, 2.24) is 19.6 Å². The molecular formula is C29H35ClN4O3. The zero-order valence-corrected chi connectivity index (χ0v) is 22.6. The molecule has 1 aromatic heterocycles. The maximum atomic E-state index is 13.4. The maximum Gasteiger partial charge on any atom is 0.274 e. The van der Waals surface area contributed by atoms with E-state index in [1.165, 1.54) is 0 Å². The van der Waals surface area contributed by atoms with Crippen LogP contribution in [0.5, 0.6) is 5.75 Å². The van der Waals surface area contributed by atoms with Gasteiger partial charge in [0.05, 0.1) is 6.61 Å². The number of aromatic nitrogens is 2. The molecule has 1 aliphatic heterocycles. The molecule has 0 aliphatic carbocycles. The number of ether oxygens (including phenoxy) is 1. The summed E-state index contributed by atoms with van der Waals surface area (Å²) in [5.41, 5.74) is 1.94. The van der Waals surface area contributed by atoms with Gasteiger partial charge in [-0.15, -0.1) is 0 Å². The molecule has 3 aromatic rings. The van der Waals surface area contributed by atoms with Crippen molar-refractivity contribution in [1.29, 1.82) is 0 Å². The van der Waals surface area contributed by atoms with Crippen molar-refractivity contribution >= 4 is 23.4 Å². The number of amides is 2. The summed E-state index contributed by atoms with van der Waals surface area (Å²) < 4.78 is 8.02. The van der Waals surface area contributed by atoms with Crippen LogP contribution in [-0.2, 0) is 17.9 Å². The average molecular weight is 523 g/mol. The summed E-state index contributed by atoms with van der Waals surface area (Å²) in [7, 11) is 1.83. The first-order valence-corrected chi connectivity index (χ1v) is 13.2. The van der Waals surface area contributed by atoms with Gasteiger partial charge in [-0.1, -0.05) is 48.0 Å². The van der Waals surface area contributed by atoms with Gasteiger partial charge >= 0.3 is 0 Å². The Hall–Kier alpha value is -3.32. The van der Waals surface area contributed by atoms with Crippen LogP contribution in [0.15, 0.2) is 60.7 Å². The molecule has 2 aromatic carbocycles. The Morgan fingerprint density at radius 2 is 1.92 bits per heavy atom. The summed E-state index contributed by atoms with van der Waals surface area (Å²) >= 11 is 6.16. The Morgan fingerprint density at radius 1 is 1.14 bits per heavy atom. The molecular weight excluding hydrogens is 488 g/mol. The number of rotatable bonds is 9. The summed E-state index contributed by atoms with van der Waals surface area (Å²) in [6, 6.07) is 19.0. The zero-order chi connectivity index (χ0) is 26.4. The molecule has 0 bridgehead atoms. The van der Waals surface area contributed by atoms with Crippen molar-refractivity contribution in [2.75, 3.05) is 26.7 Å². The second-order valence-electron chi connectivity index (χ2n) is 9.98. The van der Waals surface area contributed by atoms with E-state index in [9.17, 15) is 9.59 Å². The Bertz CT molecular complexity index is 1230. The van der Waals surface area contributed by atoms with E-state index in [1.54, 1.807) is 17.0 Å². The van der Waals surface area contributed by atoms with E-state index in [4.69, 9.17) is 16.3 Å². The van der Waals surface area contributed by atoms with E-state index in [2.05, 4.69) is 5.10 Å². The number of carbonyl (C=O) groups excluding carboxylic acids is 2. The number of piperidine rings is 1. The third kappa shape index (κ3) is 6.72. The molecule has 1 aliphatic rings. The van der Waals surface area contributed by atoms with Crippen LogP contribution in [0, 0.1) is 12.3 Å². The van der Waals surface area contributed by atoms with Crippen molar-refractivity contribution in [3.63, 3.8) is 0 Å². The lowest BCUT2D eigenvalue weighted by Gasteiger charge is -2.42. The number of likely N-dealkylation sites (tertiary alicyclic amines) is 1. The number of aryl methyl sites for hydroxylation is 2. The number of hydrogen-bond acceptors (Lipinski definition) is 4. The highest BCUT2D eigenvalue weighted by molar-refractivity contribution is 6.30. The quantitative estimate of drug-likeness (QED) is 0.386. The molecule has 0 unspecified atom stereocenters. The smallest absolute Gasteiger partial charge is 0.274 e. The van der Waals surface area contributed by atoms with Crippen molar-refractivity contribution in [3.05, 3.63) is 82.6 Å². The van der Waals surface area contributed by atoms with Crippen LogP contribution in [0.25, 0.3) is 0 Å². The van der Waals surface area contributed by atoms with Crippen molar-refractivity contribution in [2.45, 2.75) is 46.2 Å². The van der Waals surface area contributed by atoms with E-state index in [0.717, 1.165) is 24.1 Å². The molecule has 196 valence electrons. The molecule has 0 N–H and O–H groups in total. The minimum absolute atomic E-state index is 0.0268. The van der Waals surface area contributed by atoms with Gasteiger partial charge in [0.2, 0.25) is 5.91 Å². The van der Waals surface area contributed by atoms with E-state index in [0.29, 0.717) is 49.3 Å². The second-order valence-corrected chi connectivity index (χ2v) is 10.4. The van der Waals surface area contributed by atoms with Gasteiger partial charge in [0.1, 0.15) is 5.75 Å². The number of benzene rings is 2. The third-order valence-electron chi connectivity index (χ3n) is 7.00. The first-order chi connectivity index (χ1) is 17.8. The predicted octanol–water partition coefficient (Wildman–Crippen LogP) is 5.21. The first kappa shape index (κ1) is 26.7. The van der Waals surface area contributed by atoms with Crippen LogP contribution in [0.1, 0.15) is 47.9 Å². The van der Waals surface area contributed by atoms with E-state index >= 15 is 0 Å². The van der Waals surface area contributed by atoms with Crippen LogP contribution < -0.4 is 4.74 Å². The largest absolute Gasteiger partial charge is 0.493 e. The molecule has 2 heterocycles. The van der Waals surface area contributed by atoms with E-state index in [1.807, 2.05) is 79.0 Å². The van der Waals surface area contributed by atoms with Crippen LogP contribution >= 0.6 is 11.6 Å². The molecule has 8 heteroatoms. The molecule has 2 amide bonds. The zero-order valence-electron chi connectivity index (χ0n) is 21.8. The highest BCUT2D eigenvalue weighted by Gasteiger charge is 2.41. The SMILES string of the molecule is CCn1nc(C(=O)N2CCC[C@](COc3cccc(Cl)c3)(CC(=O)N(C)Cc3ccccc3)C2)cc1C. The number of carbonyl (C=O) groups is 2. The topological polar surface area (TPSA) is 67.7 Å². The van der Waals surface area contributed by atoms with Crippen LogP contribution in [0.3, 0.4) is 0 Å². The molecule has 1 saturated heterocycles. The van der Waals surface area contributed by atoms with Crippen LogP contribution in [-0.4, -0.2) is 58.1 Å². The highest BCUT2D eigenvalue weighted by atomic mass is 35.5. The second kappa shape index (κ2) is 11.8. The fraction of sp³-hybridized carbons (Fsp3) is 0.414. The van der Waals surface area contributed by atoms with E-state index < -0.39 is 5.41 Å². The van der Waals surface area contributed by atoms with E-state index in [-0.39, 0.29) is 18.2 Å². The van der Waals surface area contributed by atoms with Crippen molar-refractivity contribution < 1.29 is 14.3 Å². The van der Waals surface area contributed by atoms with Gasteiger partial charge in [-0.3, -0.25) is 14.3 Å². The lowest BCUT2D eigenvalue weighted by molar-refractivity contribution is -0.134. The fourth-order valence-electron chi connectivity index (χ4n) is 4.99. The number of nitrogens with zero attached hydrogens (tertiary/aromatic N) is 4. The standard InChI is InChI=1S/C29H35ClN4O3/c1-4-34-22(2)16-26(31-34)28(36)33-15-9-14-29(20-33,21-37-25-13-8-12-24(30)17-25)18-27(35)32(3)19-23-10-6-5-7-11-23/h5-8,10-13,16-17H,4,9,14-15,18-21H2,1-3H3/t29-/m0/s1. The molecule has 1 atom stereocenters. The Balaban J connectivity index is 1.53. The monoisotopic (exact) mass is 522 g/mol. The molecule has 37 heavy (non-hydrogen) atoms. The van der Waals surface area contributed by atoms with Gasteiger partial charge in [-0.05, 0) is 56.5 Å². The van der Waals surface area contributed by atoms with Crippen molar-refractivity contribution in [2.24, 2.45) is 5.41 Å². The van der Waals surface area contributed by atoms with Gasteiger partial charge < -0.3 is 14.5 Å². The minimum Gasteiger partial charge on any atom is -0.493 e. The lowest BCUT2D eigenvalue weighted by atomic mass is 9.77. The van der Waals surface area contributed by atoms with Crippen LogP contribution in [0.4, 0.5) is 0 Å². The van der Waals surface area contributed by atoms with Crippen molar-refractivity contribution in [3.8, 4) is 5.75 Å². The third-order valence-corrected chi connectivity index (χ3v) is 7.24. The molecule has 4 rings (SSSR count). The molecule has 1 fully saturated rings. The number of halogens is 1. The minimum atomic E-state index is -0.527. The van der Waals surface area contributed by atoms with Gasteiger partial charge in [0.15, 0.2) is 5.69 Å². The fourth-order valence-corrected chi connectivity index (χ4v) is 5.17. The molecule has 0 radical (unpaired) electrons. The molecule has 0 spiro atoms. The lowest BCUT2D eigenvalue weighted by Crippen LogP contribution is -2.50. The number of hydrogen-bond donors (Lipinski definition) is 0. The normalized spacial score (nSPS) is 17.5. The summed E-state index contributed by atoms with van der Waals surface area (Å²) in [5.74, 6) is 0.573. The predicted molar refractivity (Wildman–Crippen MR) is 145 cm³/mol. The summed E-state index contributed by atoms with van der Waals surface area (Å²) in [5, 5.41) is 5.09. The molecule has 7 nitrogen and oxygen atoms in total. The Morgan fingerprint density at radius 3 is 2.62 bits per heavy atom. The Kier molecular flexibility index (Phi) is 8.54. The average Bonchev–Trinajstić information content (AvgIpc) is 3.28. The maximum absolute atomic E-state index is 13.4. The highest BCUT2D eigenvalue weighted by Crippen LogP contribution is 2.36.